The van der Waals surface area contributed by atoms with Crippen LogP contribution >= 0.6 is 0 Å². The molecular weight excluding hydrogens is 330 g/mol. The number of ether oxygens (including phenoxy) is 2. The predicted molar refractivity (Wildman–Crippen MR) is 98.0 cm³/mol. The number of rotatable bonds is 4. The third-order valence-corrected chi connectivity index (χ3v) is 4.65. The van der Waals surface area contributed by atoms with Gasteiger partial charge in [-0.3, -0.25) is 9.59 Å². The minimum Gasteiger partial charge on any atom is -0.490 e. The van der Waals surface area contributed by atoms with Crippen molar-refractivity contribution >= 4 is 17.5 Å². The van der Waals surface area contributed by atoms with Crippen LogP contribution in [0.1, 0.15) is 47.1 Å². The molecule has 5 nitrogen and oxygen atoms in total. The predicted octanol–water partition coefficient (Wildman–Crippen LogP) is 3.56. The molecule has 1 atom stereocenters. The van der Waals surface area contributed by atoms with E-state index in [0.717, 1.165) is 5.56 Å². The van der Waals surface area contributed by atoms with Gasteiger partial charge >= 0.3 is 0 Å². The van der Waals surface area contributed by atoms with Gasteiger partial charge in [0.2, 0.25) is 0 Å². The fourth-order valence-corrected chi connectivity index (χ4v) is 3.16. The molecule has 2 heterocycles. The highest BCUT2D eigenvalue weighted by molar-refractivity contribution is 6.34. The summed E-state index contributed by atoms with van der Waals surface area (Å²) in [5.74, 6) is 0.0817. The lowest BCUT2D eigenvalue weighted by Crippen LogP contribution is -2.29. The second kappa shape index (κ2) is 5.95. The number of nitrogens with zero attached hydrogens (tertiary/aromatic N) is 1. The Kier molecular flexibility index (Phi) is 3.84. The van der Waals surface area contributed by atoms with Gasteiger partial charge in [-0.25, -0.2) is 4.90 Å². The number of fused-ring (bicyclic) bond motifs is 1. The highest BCUT2D eigenvalue weighted by atomic mass is 16.6. The first-order valence-corrected chi connectivity index (χ1v) is 8.73. The van der Waals surface area contributed by atoms with Crippen molar-refractivity contribution in [2.45, 2.75) is 32.3 Å². The first-order valence-electron chi connectivity index (χ1n) is 8.73. The van der Waals surface area contributed by atoms with Gasteiger partial charge in [0.05, 0.1) is 23.4 Å². The SMILES string of the molecule is CC(C)(C)c1ccc(N2C(=O)c3ccccc3C2=O)cc1OCC1CO1. The Morgan fingerprint density at radius 2 is 1.69 bits per heavy atom. The molecule has 0 saturated carbocycles. The number of hydrogen-bond donors (Lipinski definition) is 0. The molecule has 2 amide bonds. The molecule has 2 aliphatic rings. The van der Waals surface area contributed by atoms with Gasteiger partial charge < -0.3 is 9.47 Å². The third kappa shape index (κ3) is 2.88. The van der Waals surface area contributed by atoms with E-state index < -0.39 is 0 Å². The highest BCUT2D eigenvalue weighted by Gasteiger charge is 2.37. The van der Waals surface area contributed by atoms with E-state index >= 15 is 0 Å². The Hall–Kier alpha value is -2.66. The lowest BCUT2D eigenvalue weighted by molar-refractivity contribution is 0.0926. The van der Waals surface area contributed by atoms with Gasteiger partial charge in [-0.2, -0.15) is 0 Å². The first kappa shape index (κ1) is 16.8. The van der Waals surface area contributed by atoms with Crippen molar-refractivity contribution < 1.29 is 19.1 Å². The topological polar surface area (TPSA) is 59.1 Å². The van der Waals surface area contributed by atoms with Crippen LogP contribution in [0.15, 0.2) is 42.5 Å². The van der Waals surface area contributed by atoms with E-state index in [9.17, 15) is 9.59 Å². The summed E-state index contributed by atoms with van der Waals surface area (Å²) in [7, 11) is 0. The molecule has 1 unspecified atom stereocenters. The molecule has 2 aliphatic heterocycles. The van der Waals surface area contributed by atoms with Crippen LogP contribution in [0, 0.1) is 0 Å². The molecule has 0 spiro atoms. The zero-order chi connectivity index (χ0) is 18.5. The van der Waals surface area contributed by atoms with E-state index in [1.807, 2.05) is 12.1 Å². The Bertz CT molecular complexity index is 858. The van der Waals surface area contributed by atoms with Crippen LogP contribution in [0.25, 0.3) is 0 Å². The Balaban J connectivity index is 1.72. The maximum Gasteiger partial charge on any atom is 0.266 e. The maximum absolute atomic E-state index is 12.7. The summed E-state index contributed by atoms with van der Waals surface area (Å²) >= 11 is 0. The number of carbonyl (C=O) groups is 2. The zero-order valence-electron chi connectivity index (χ0n) is 15.1. The molecular formula is C21H21NO4. The molecule has 5 heteroatoms. The van der Waals surface area contributed by atoms with Crippen molar-refractivity contribution in [3.63, 3.8) is 0 Å². The minimum atomic E-state index is -0.300. The summed E-state index contributed by atoms with van der Waals surface area (Å²) in [6.45, 7) is 7.48. The highest BCUT2D eigenvalue weighted by Crippen LogP contribution is 2.37. The van der Waals surface area contributed by atoms with Crippen LogP contribution in [-0.4, -0.2) is 31.1 Å². The number of carbonyl (C=O) groups excluding carboxylic acids is 2. The first-order chi connectivity index (χ1) is 12.4. The number of benzene rings is 2. The van der Waals surface area contributed by atoms with Gasteiger partial charge in [0.15, 0.2) is 0 Å². The third-order valence-electron chi connectivity index (χ3n) is 4.65. The molecule has 0 aromatic heterocycles. The normalized spacial score (nSPS) is 18.9. The average Bonchev–Trinajstić information content (AvgIpc) is 3.39. The monoisotopic (exact) mass is 351 g/mol. The van der Waals surface area contributed by atoms with E-state index in [-0.39, 0.29) is 23.3 Å². The number of epoxide rings is 1. The second-order valence-corrected chi connectivity index (χ2v) is 7.69. The number of imide groups is 1. The standard InChI is InChI=1S/C21H21NO4/c1-21(2,3)17-9-8-13(10-18(17)26-12-14-11-25-14)22-19(23)15-6-4-5-7-16(15)20(22)24/h4-10,14H,11-12H2,1-3H3. The fraction of sp³-hybridized carbons (Fsp3) is 0.333. The summed E-state index contributed by atoms with van der Waals surface area (Å²) in [4.78, 5) is 26.7. The van der Waals surface area contributed by atoms with E-state index in [2.05, 4.69) is 20.8 Å². The maximum atomic E-state index is 12.7. The average molecular weight is 351 g/mol. The summed E-state index contributed by atoms with van der Waals surface area (Å²) in [5, 5.41) is 0. The molecule has 0 aliphatic carbocycles. The molecule has 134 valence electrons. The molecule has 26 heavy (non-hydrogen) atoms. The molecule has 1 saturated heterocycles. The number of amides is 2. The van der Waals surface area contributed by atoms with Gasteiger partial charge in [-0.1, -0.05) is 39.0 Å². The molecule has 0 radical (unpaired) electrons. The molecule has 0 N–H and O–H groups in total. The van der Waals surface area contributed by atoms with Crippen LogP contribution in [0.5, 0.6) is 5.75 Å². The summed E-state index contributed by atoms with van der Waals surface area (Å²) in [6.07, 6.45) is 0.130. The van der Waals surface area contributed by atoms with E-state index in [0.29, 0.717) is 35.8 Å². The lowest BCUT2D eigenvalue weighted by Gasteiger charge is -2.24. The van der Waals surface area contributed by atoms with Gasteiger partial charge in [-0.05, 0) is 29.2 Å². The smallest absolute Gasteiger partial charge is 0.266 e. The fourth-order valence-electron chi connectivity index (χ4n) is 3.16. The van der Waals surface area contributed by atoms with Crippen LogP contribution in [0.2, 0.25) is 0 Å². The van der Waals surface area contributed by atoms with Gasteiger partial charge in [0, 0.05) is 6.07 Å². The minimum absolute atomic E-state index is 0.125. The van der Waals surface area contributed by atoms with E-state index in [1.165, 1.54) is 4.90 Å². The van der Waals surface area contributed by atoms with Crippen molar-refractivity contribution in [1.29, 1.82) is 0 Å². The van der Waals surface area contributed by atoms with Crippen molar-refractivity contribution in [2.24, 2.45) is 0 Å². The van der Waals surface area contributed by atoms with E-state index in [4.69, 9.17) is 9.47 Å². The van der Waals surface area contributed by atoms with Crippen LogP contribution < -0.4 is 9.64 Å². The molecule has 2 aromatic carbocycles. The Morgan fingerprint density at radius 1 is 1.08 bits per heavy atom. The van der Waals surface area contributed by atoms with Crippen molar-refractivity contribution in [3.05, 3.63) is 59.2 Å². The Labute approximate surface area is 152 Å². The number of anilines is 1. The molecule has 2 aromatic rings. The lowest BCUT2D eigenvalue weighted by atomic mass is 9.86. The van der Waals surface area contributed by atoms with E-state index in [1.54, 1.807) is 30.3 Å². The van der Waals surface area contributed by atoms with Crippen molar-refractivity contribution in [2.75, 3.05) is 18.1 Å². The molecule has 0 bridgehead atoms. The van der Waals surface area contributed by atoms with Crippen molar-refractivity contribution in [1.82, 2.24) is 0 Å². The molecule has 1 fully saturated rings. The molecule has 4 rings (SSSR count). The van der Waals surface area contributed by atoms with Gasteiger partial charge in [0.25, 0.3) is 11.8 Å². The summed E-state index contributed by atoms with van der Waals surface area (Å²) in [5.41, 5.74) is 2.30. The quantitative estimate of drug-likeness (QED) is 0.624. The van der Waals surface area contributed by atoms with Gasteiger partial charge in [0.1, 0.15) is 18.5 Å². The summed E-state index contributed by atoms with van der Waals surface area (Å²) < 4.78 is 11.2. The van der Waals surface area contributed by atoms with Crippen LogP contribution in [0.3, 0.4) is 0 Å². The second-order valence-electron chi connectivity index (χ2n) is 7.69. The van der Waals surface area contributed by atoms with Crippen LogP contribution in [-0.2, 0) is 10.2 Å². The van der Waals surface area contributed by atoms with Gasteiger partial charge in [-0.15, -0.1) is 0 Å². The Morgan fingerprint density at radius 3 is 2.23 bits per heavy atom. The van der Waals surface area contributed by atoms with Crippen molar-refractivity contribution in [3.8, 4) is 5.75 Å². The zero-order valence-corrected chi connectivity index (χ0v) is 15.1. The summed E-state index contributed by atoms with van der Waals surface area (Å²) in [6, 6.07) is 12.4. The van der Waals surface area contributed by atoms with Crippen LogP contribution in [0.4, 0.5) is 5.69 Å². The largest absolute Gasteiger partial charge is 0.490 e. The number of hydrogen-bond acceptors (Lipinski definition) is 4.